The summed E-state index contributed by atoms with van der Waals surface area (Å²) in [5.74, 6) is 1.58. The third-order valence-corrected chi connectivity index (χ3v) is 5.69. The number of hydrogen-bond donors (Lipinski definition) is 0. The van der Waals surface area contributed by atoms with Gasteiger partial charge in [0.05, 0.1) is 13.7 Å². The molecular formula is C26H38N2O3. The summed E-state index contributed by atoms with van der Waals surface area (Å²) in [4.78, 5) is 17.9. The molecule has 1 unspecified atom stereocenters. The minimum atomic E-state index is 0.0307. The minimum absolute atomic E-state index is 0.0307. The maximum Gasteiger partial charge on any atom is 0.254 e. The SMILES string of the molecule is CCOc1ccc(CN(C(=O)c2cccc(OC)c2)C(C)CCCN(CC)CC)cc1. The Bertz CT molecular complexity index is 787. The van der Waals surface area contributed by atoms with Crippen LogP contribution in [0, 0.1) is 0 Å². The monoisotopic (exact) mass is 426 g/mol. The fourth-order valence-corrected chi connectivity index (χ4v) is 3.71. The largest absolute Gasteiger partial charge is 0.497 e. The second kappa shape index (κ2) is 13.0. The van der Waals surface area contributed by atoms with E-state index in [0.717, 1.165) is 43.8 Å². The second-order valence-corrected chi connectivity index (χ2v) is 7.76. The van der Waals surface area contributed by atoms with Crippen molar-refractivity contribution in [3.8, 4) is 11.5 Å². The van der Waals surface area contributed by atoms with Gasteiger partial charge < -0.3 is 19.3 Å². The molecule has 0 aromatic heterocycles. The second-order valence-electron chi connectivity index (χ2n) is 7.76. The van der Waals surface area contributed by atoms with Gasteiger partial charge in [-0.15, -0.1) is 0 Å². The topological polar surface area (TPSA) is 42.0 Å². The smallest absolute Gasteiger partial charge is 0.254 e. The predicted molar refractivity (Wildman–Crippen MR) is 127 cm³/mol. The molecular weight excluding hydrogens is 388 g/mol. The van der Waals surface area contributed by atoms with Crippen molar-refractivity contribution in [3.05, 3.63) is 59.7 Å². The first kappa shape index (κ1) is 24.7. The summed E-state index contributed by atoms with van der Waals surface area (Å²) in [6, 6.07) is 15.6. The molecule has 0 saturated heterocycles. The Labute approximate surface area is 188 Å². The maximum atomic E-state index is 13.5. The average Bonchev–Trinajstić information content (AvgIpc) is 2.81. The number of rotatable bonds is 13. The standard InChI is InChI=1S/C26H38N2O3/c1-6-27(7-2)18-10-11-21(4)28(20-22-14-16-24(17-15-22)31-8-3)26(29)23-12-9-13-25(19-23)30-5/h9,12-17,19,21H,6-8,10-11,18,20H2,1-5H3. The molecule has 31 heavy (non-hydrogen) atoms. The van der Waals surface area contributed by atoms with E-state index in [1.807, 2.05) is 60.4 Å². The van der Waals surface area contributed by atoms with Gasteiger partial charge in [0.25, 0.3) is 5.91 Å². The van der Waals surface area contributed by atoms with Gasteiger partial charge in [0.1, 0.15) is 11.5 Å². The highest BCUT2D eigenvalue weighted by atomic mass is 16.5. The van der Waals surface area contributed by atoms with Crippen molar-refractivity contribution in [2.75, 3.05) is 33.4 Å². The Morgan fingerprint density at radius 2 is 1.71 bits per heavy atom. The van der Waals surface area contributed by atoms with Crippen LogP contribution in [0.3, 0.4) is 0 Å². The van der Waals surface area contributed by atoms with Crippen LogP contribution in [0.2, 0.25) is 0 Å². The van der Waals surface area contributed by atoms with Crippen molar-refractivity contribution in [2.45, 2.75) is 53.1 Å². The summed E-state index contributed by atoms with van der Waals surface area (Å²) in [5, 5.41) is 0. The Morgan fingerprint density at radius 1 is 1.00 bits per heavy atom. The van der Waals surface area contributed by atoms with Gasteiger partial charge in [0.15, 0.2) is 0 Å². The van der Waals surface area contributed by atoms with Crippen LogP contribution in [-0.4, -0.2) is 55.1 Å². The van der Waals surface area contributed by atoms with E-state index in [9.17, 15) is 4.79 Å². The van der Waals surface area contributed by atoms with Crippen molar-refractivity contribution in [3.63, 3.8) is 0 Å². The average molecular weight is 427 g/mol. The Hall–Kier alpha value is -2.53. The molecule has 0 aliphatic rings. The zero-order valence-corrected chi connectivity index (χ0v) is 19.8. The molecule has 1 amide bonds. The number of ether oxygens (including phenoxy) is 2. The Kier molecular flexibility index (Phi) is 10.4. The van der Waals surface area contributed by atoms with Crippen LogP contribution in [0.4, 0.5) is 0 Å². The number of amides is 1. The lowest BCUT2D eigenvalue weighted by atomic mass is 10.1. The molecule has 0 bridgehead atoms. The molecule has 1 atom stereocenters. The highest BCUT2D eigenvalue weighted by Gasteiger charge is 2.22. The molecule has 0 heterocycles. The molecule has 2 aromatic carbocycles. The number of carbonyl (C=O) groups excluding carboxylic acids is 1. The van der Waals surface area contributed by atoms with E-state index >= 15 is 0 Å². The quantitative estimate of drug-likeness (QED) is 0.439. The van der Waals surface area contributed by atoms with E-state index in [0.29, 0.717) is 24.5 Å². The van der Waals surface area contributed by atoms with E-state index < -0.39 is 0 Å². The van der Waals surface area contributed by atoms with Crippen LogP contribution < -0.4 is 9.47 Å². The van der Waals surface area contributed by atoms with Gasteiger partial charge in [-0.2, -0.15) is 0 Å². The van der Waals surface area contributed by atoms with E-state index in [4.69, 9.17) is 9.47 Å². The number of methoxy groups -OCH3 is 1. The van der Waals surface area contributed by atoms with Gasteiger partial charge in [-0.3, -0.25) is 4.79 Å². The van der Waals surface area contributed by atoms with Crippen molar-refractivity contribution in [2.24, 2.45) is 0 Å². The summed E-state index contributed by atoms with van der Waals surface area (Å²) >= 11 is 0. The van der Waals surface area contributed by atoms with Gasteiger partial charge in [0, 0.05) is 18.2 Å². The zero-order chi connectivity index (χ0) is 22.6. The fraction of sp³-hybridized carbons (Fsp3) is 0.500. The van der Waals surface area contributed by atoms with Crippen molar-refractivity contribution in [1.29, 1.82) is 0 Å². The van der Waals surface area contributed by atoms with Gasteiger partial charge in [-0.1, -0.05) is 32.0 Å². The molecule has 5 nitrogen and oxygen atoms in total. The highest BCUT2D eigenvalue weighted by Crippen LogP contribution is 2.21. The van der Waals surface area contributed by atoms with Crippen LogP contribution in [0.25, 0.3) is 0 Å². The van der Waals surface area contributed by atoms with Gasteiger partial charge in [-0.05, 0) is 82.2 Å². The summed E-state index contributed by atoms with van der Waals surface area (Å²) in [6.45, 7) is 12.9. The van der Waals surface area contributed by atoms with Crippen LogP contribution in [0.5, 0.6) is 11.5 Å². The number of carbonyl (C=O) groups is 1. The predicted octanol–water partition coefficient (Wildman–Crippen LogP) is 5.25. The molecule has 0 saturated carbocycles. The summed E-state index contributed by atoms with van der Waals surface area (Å²) < 4.78 is 10.9. The lowest BCUT2D eigenvalue weighted by Gasteiger charge is -2.30. The van der Waals surface area contributed by atoms with Crippen LogP contribution in [0.1, 0.15) is 56.5 Å². The van der Waals surface area contributed by atoms with Crippen molar-refractivity contribution >= 4 is 5.91 Å². The van der Waals surface area contributed by atoms with E-state index in [-0.39, 0.29) is 11.9 Å². The molecule has 0 N–H and O–H groups in total. The molecule has 2 aromatic rings. The normalized spacial score (nSPS) is 11.9. The molecule has 2 rings (SSSR count). The fourth-order valence-electron chi connectivity index (χ4n) is 3.71. The number of nitrogens with zero attached hydrogens (tertiary/aromatic N) is 2. The summed E-state index contributed by atoms with van der Waals surface area (Å²) in [7, 11) is 1.62. The molecule has 170 valence electrons. The molecule has 0 fully saturated rings. The highest BCUT2D eigenvalue weighted by molar-refractivity contribution is 5.94. The third kappa shape index (κ3) is 7.59. The first-order valence-corrected chi connectivity index (χ1v) is 11.4. The summed E-state index contributed by atoms with van der Waals surface area (Å²) in [5.41, 5.74) is 1.75. The Balaban J connectivity index is 2.17. The van der Waals surface area contributed by atoms with Gasteiger partial charge in [0.2, 0.25) is 0 Å². The maximum absolute atomic E-state index is 13.5. The van der Waals surface area contributed by atoms with Crippen LogP contribution in [-0.2, 0) is 6.54 Å². The van der Waals surface area contributed by atoms with Crippen LogP contribution >= 0.6 is 0 Å². The van der Waals surface area contributed by atoms with Crippen molar-refractivity contribution < 1.29 is 14.3 Å². The number of benzene rings is 2. The van der Waals surface area contributed by atoms with Crippen LogP contribution in [0.15, 0.2) is 48.5 Å². The van der Waals surface area contributed by atoms with Gasteiger partial charge >= 0.3 is 0 Å². The van der Waals surface area contributed by atoms with E-state index in [2.05, 4.69) is 25.7 Å². The molecule has 0 aliphatic heterocycles. The minimum Gasteiger partial charge on any atom is -0.497 e. The van der Waals surface area contributed by atoms with Gasteiger partial charge in [-0.25, -0.2) is 0 Å². The molecule has 0 radical (unpaired) electrons. The first-order valence-electron chi connectivity index (χ1n) is 11.4. The van der Waals surface area contributed by atoms with E-state index in [1.165, 1.54) is 0 Å². The lowest BCUT2D eigenvalue weighted by Crippen LogP contribution is -2.38. The third-order valence-electron chi connectivity index (χ3n) is 5.69. The van der Waals surface area contributed by atoms with E-state index in [1.54, 1.807) is 7.11 Å². The number of hydrogen-bond acceptors (Lipinski definition) is 4. The lowest BCUT2D eigenvalue weighted by molar-refractivity contribution is 0.0662. The first-order chi connectivity index (χ1) is 15.0. The Morgan fingerprint density at radius 3 is 2.32 bits per heavy atom. The van der Waals surface area contributed by atoms with Crippen molar-refractivity contribution in [1.82, 2.24) is 9.80 Å². The molecule has 5 heteroatoms. The molecule has 0 aliphatic carbocycles. The molecule has 0 spiro atoms. The zero-order valence-electron chi connectivity index (χ0n) is 19.8. The summed E-state index contributed by atoms with van der Waals surface area (Å²) in [6.07, 6.45) is 2.03.